The highest BCUT2D eigenvalue weighted by Gasteiger charge is 2.09. The summed E-state index contributed by atoms with van der Waals surface area (Å²) in [5.41, 5.74) is 0.304. The van der Waals surface area contributed by atoms with E-state index in [2.05, 4.69) is 24.3 Å². The number of aromatic nitrogens is 2. The van der Waals surface area contributed by atoms with Crippen molar-refractivity contribution < 1.29 is 4.74 Å². The molecular formula is C14H24ClN3O2. The van der Waals surface area contributed by atoms with Crippen LogP contribution in [0, 0.1) is 11.8 Å². The van der Waals surface area contributed by atoms with E-state index >= 15 is 0 Å². The van der Waals surface area contributed by atoms with Crippen LogP contribution in [0.4, 0.5) is 5.69 Å². The molecule has 1 aromatic rings. The highest BCUT2D eigenvalue weighted by atomic mass is 35.5. The van der Waals surface area contributed by atoms with Gasteiger partial charge in [0.25, 0.3) is 5.56 Å². The molecule has 0 saturated carbocycles. The summed E-state index contributed by atoms with van der Waals surface area (Å²) in [5, 5.41) is 7.38. The summed E-state index contributed by atoms with van der Waals surface area (Å²) in [6, 6.07) is 0. The van der Waals surface area contributed by atoms with Crippen LogP contribution in [0.3, 0.4) is 0 Å². The molecule has 1 aromatic heterocycles. The Labute approximate surface area is 125 Å². The van der Waals surface area contributed by atoms with Gasteiger partial charge in [0.2, 0.25) is 0 Å². The minimum absolute atomic E-state index is 0.185. The minimum atomic E-state index is -0.256. The maximum absolute atomic E-state index is 12.0. The average molecular weight is 302 g/mol. The summed E-state index contributed by atoms with van der Waals surface area (Å²) in [7, 11) is 0. The molecule has 114 valence electrons. The van der Waals surface area contributed by atoms with Crippen molar-refractivity contribution in [3.63, 3.8) is 0 Å². The second-order valence-electron chi connectivity index (χ2n) is 5.65. The van der Waals surface area contributed by atoms with E-state index in [0.29, 0.717) is 37.2 Å². The summed E-state index contributed by atoms with van der Waals surface area (Å²) in [6.07, 6.45) is 1.59. The molecule has 0 aliphatic carbocycles. The van der Waals surface area contributed by atoms with Crippen molar-refractivity contribution in [1.29, 1.82) is 0 Å². The normalized spacial score (nSPS) is 11.3. The molecule has 0 atom stereocenters. The van der Waals surface area contributed by atoms with Crippen molar-refractivity contribution >= 4 is 17.3 Å². The van der Waals surface area contributed by atoms with E-state index in [4.69, 9.17) is 16.3 Å². The fourth-order valence-corrected chi connectivity index (χ4v) is 1.85. The van der Waals surface area contributed by atoms with Crippen LogP contribution in [0.25, 0.3) is 0 Å². The molecule has 1 N–H and O–H groups in total. The molecule has 0 saturated heterocycles. The standard InChI is InChI=1S/C14H24ClN3O2/c1-10(2)8-18-14(19)13(15)12(7-17-18)16-5-6-20-9-11(3)4/h7,10-11,16H,5-6,8-9H2,1-4H3. The fraction of sp³-hybridized carbons (Fsp3) is 0.714. The first-order valence-corrected chi connectivity index (χ1v) is 7.36. The zero-order chi connectivity index (χ0) is 15.1. The molecule has 0 fully saturated rings. The zero-order valence-corrected chi connectivity index (χ0v) is 13.4. The van der Waals surface area contributed by atoms with Gasteiger partial charge in [0.05, 0.1) is 18.5 Å². The largest absolute Gasteiger partial charge is 0.380 e. The lowest BCUT2D eigenvalue weighted by atomic mass is 10.2. The first-order chi connectivity index (χ1) is 9.41. The monoisotopic (exact) mass is 301 g/mol. The van der Waals surface area contributed by atoms with Crippen LogP contribution < -0.4 is 10.9 Å². The lowest BCUT2D eigenvalue weighted by Gasteiger charge is -2.12. The number of ether oxygens (including phenoxy) is 1. The van der Waals surface area contributed by atoms with Gasteiger partial charge in [0, 0.05) is 19.7 Å². The van der Waals surface area contributed by atoms with Crippen molar-refractivity contribution in [2.75, 3.05) is 25.1 Å². The number of anilines is 1. The Morgan fingerprint density at radius 2 is 2.05 bits per heavy atom. The third-order valence-electron chi connectivity index (χ3n) is 2.54. The molecular weight excluding hydrogens is 278 g/mol. The molecule has 1 rings (SSSR count). The molecule has 0 amide bonds. The molecule has 0 aromatic carbocycles. The van der Waals surface area contributed by atoms with Gasteiger partial charge in [0.1, 0.15) is 5.02 Å². The zero-order valence-electron chi connectivity index (χ0n) is 12.6. The number of nitrogens with zero attached hydrogens (tertiary/aromatic N) is 2. The van der Waals surface area contributed by atoms with E-state index in [0.717, 1.165) is 6.61 Å². The summed E-state index contributed by atoms with van der Waals surface area (Å²) in [4.78, 5) is 12.0. The van der Waals surface area contributed by atoms with Crippen LogP contribution in [-0.2, 0) is 11.3 Å². The molecule has 0 radical (unpaired) electrons. The van der Waals surface area contributed by atoms with Gasteiger partial charge in [-0.25, -0.2) is 4.68 Å². The van der Waals surface area contributed by atoms with Gasteiger partial charge in [-0.15, -0.1) is 0 Å². The lowest BCUT2D eigenvalue weighted by Crippen LogP contribution is -2.26. The van der Waals surface area contributed by atoms with Crippen LogP contribution in [0.5, 0.6) is 0 Å². The van der Waals surface area contributed by atoms with Gasteiger partial charge in [-0.05, 0) is 11.8 Å². The molecule has 5 nitrogen and oxygen atoms in total. The van der Waals surface area contributed by atoms with Crippen LogP contribution in [0.1, 0.15) is 27.7 Å². The predicted octanol–water partition coefficient (Wildman–Crippen LogP) is 2.64. The van der Waals surface area contributed by atoms with Crippen LogP contribution in [0.2, 0.25) is 5.02 Å². The SMILES string of the molecule is CC(C)COCCNc1cnn(CC(C)C)c(=O)c1Cl. The Kier molecular flexibility index (Phi) is 7.02. The summed E-state index contributed by atoms with van der Waals surface area (Å²) >= 11 is 6.07. The van der Waals surface area contributed by atoms with E-state index in [1.807, 2.05) is 13.8 Å². The summed E-state index contributed by atoms with van der Waals surface area (Å²) in [6.45, 7) is 10.7. The van der Waals surface area contributed by atoms with Gasteiger partial charge >= 0.3 is 0 Å². The first kappa shape index (κ1) is 17.0. The smallest absolute Gasteiger partial charge is 0.287 e. The van der Waals surface area contributed by atoms with E-state index < -0.39 is 0 Å². The minimum Gasteiger partial charge on any atom is -0.380 e. The Hall–Kier alpha value is -1.07. The highest BCUT2D eigenvalue weighted by Crippen LogP contribution is 2.15. The van der Waals surface area contributed by atoms with E-state index in [-0.39, 0.29) is 10.6 Å². The Morgan fingerprint density at radius 1 is 1.35 bits per heavy atom. The second kappa shape index (κ2) is 8.27. The van der Waals surface area contributed by atoms with Crippen molar-refractivity contribution in [1.82, 2.24) is 9.78 Å². The Morgan fingerprint density at radius 3 is 2.65 bits per heavy atom. The van der Waals surface area contributed by atoms with Crippen LogP contribution in [-0.4, -0.2) is 29.5 Å². The van der Waals surface area contributed by atoms with Gasteiger partial charge < -0.3 is 10.1 Å². The Balaban J connectivity index is 2.55. The third-order valence-corrected chi connectivity index (χ3v) is 2.90. The number of hydrogen-bond acceptors (Lipinski definition) is 4. The maximum Gasteiger partial charge on any atom is 0.287 e. The third kappa shape index (κ3) is 5.51. The quantitative estimate of drug-likeness (QED) is 0.750. The number of rotatable bonds is 8. The van der Waals surface area contributed by atoms with Crippen LogP contribution >= 0.6 is 11.6 Å². The molecule has 0 bridgehead atoms. The molecule has 6 heteroatoms. The first-order valence-electron chi connectivity index (χ1n) is 6.99. The lowest BCUT2D eigenvalue weighted by molar-refractivity contribution is 0.118. The highest BCUT2D eigenvalue weighted by molar-refractivity contribution is 6.32. The number of halogens is 1. The van der Waals surface area contributed by atoms with E-state index in [1.165, 1.54) is 4.68 Å². The molecule has 0 aliphatic rings. The van der Waals surface area contributed by atoms with Gasteiger partial charge in [-0.1, -0.05) is 39.3 Å². The fourth-order valence-electron chi connectivity index (χ4n) is 1.64. The number of hydrogen-bond donors (Lipinski definition) is 1. The second-order valence-corrected chi connectivity index (χ2v) is 6.03. The van der Waals surface area contributed by atoms with E-state index in [1.54, 1.807) is 6.20 Å². The molecule has 0 spiro atoms. The predicted molar refractivity (Wildman–Crippen MR) is 82.5 cm³/mol. The molecule has 1 heterocycles. The molecule has 0 unspecified atom stereocenters. The maximum atomic E-state index is 12.0. The topological polar surface area (TPSA) is 56.1 Å². The van der Waals surface area contributed by atoms with Gasteiger partial charge in [-0.2, -0.15) is 5.10 Å². The average Bonchev–Trinajstić information content (AvgIpc) is 2.36. The Bertz CT molecular complexity index is 472. The molecule has 0 aliphatic heterocycles. The van der Waals surface area contributed by atoms with Crippen LogP contribution in [0.15, 0.2) is 11.0 Å². The van der Waals surface area contributed by atoms with Crippen molar-refractivity contribution in [2.24, 2.45) is 11.8 Å². The molecule has 20 heavy (non-hydrogen) atoms. The summed E-state index contributed by atoms with van der Waals surface area (Å²) in [5.74, 6) is 0.861. The number of nitrogens with one attached hydrogen (secondary N) is 1. The van der Waals surface area contributed by atoms with Crippen molar-refractivity contribution in [3.8, 4) is 0 Å². The van der Waals surface area contributed by atoms with Crippen molar-refractivity contribution in [2.45, 2.75) is 34.2 Å². The van der Waals surface area contributed by atoms with Crippen molar-refractivity contribution in [3.05, 3.63) is 21.6 Å². The van der Waals surface area contributed by atoms with Gasteiger partial charge in [0.15, 0.2) is 0 Å². The van der Waals surface area contributed by atoms with E-state index in [9.17, 15) is 4.79 Å². The summed E-state index contributed by atoms with van der Waals surface area (Å²) < 4.78 is 6.85. The van der Waals surface area contributed by atoms with Gasteiger partial charge in [-0.3, -0.25) is 4.79 Å².